The molecule has 0 amide bonds. The summed E-state index contributed by atoms with van der Waals surface area (Å²) in [6, 6.07) is 8.80. The fourth-order valence-electron chi connectivity index (χ4n) is 3.27. The van der Waals surface area contributed by atoms with Crippen LogP contribution in [0.3, 0.4) is 0 Å². The minimum Gasteiger partial charge on any atom is -0.192 e. The van der Waals surface area contributed by atoms with Crippen LogP contribution in [0.5, 0.6) is 0 Å². The lowest BCUT2D eigenvalue weighted by Gasteiger charge is -2.29. The van der Waals surface area contributed by atoms with Crippen LogP contribution in [0.25, 0.3) is 0 Å². The van der Waals surface area contributed by atoms with Crippen LogP contribution in [-0.2, 0) is 5.41 Å². The van der Waals surface area contributed by atoms with Gasteiger partial charge in [0, 0.05) is 16.0 Å². The summed E-state index contributed by atoms with van der Waals surface area (Å²) in [5.74, 6) is 0.807. The topological polar surface area (TPSA) is 23.8 Å². The second-order valence-corrected chi connectivity index (χ2v) is 6.51. The Balaban J connectivity index is 2.19. The summed E-state index contributed by atoms with van der Waals surface area (Å²) in [6.45, 7) is 4.54. The monoisotopic (exact) mass is 299 g/mol. The van der Waals surface area contributed by atoms with Crippen LogP contribution < -0.4 is 0 Å². The number of allylic oxidation sites excluding steroid dienone is 4. The van der Waals surface area contributed by atoms with Crippen LogP contribution in [0, 0.1) is 17.2 Å². The molecule has 2 atom stereocenters. The molecule has 0 aliphatic heterocycles. The SMILES string of the molecule is CC1(C)c2cc(Br)ccc2C2C=CC(C#N)=CC21. The van der Waals surface area contributed by atoms with Crippen LogP contribution in [0.15, 0.2) is 46.5 Å². The molecule has 1 aromatic rings. The summed E-state index contributed by atoms with van der Waals surface area (Å²) in [7, 11) is 0. The molecule has 1 aromatic carbocycles. The summed E-state index contributed by atoms with van der Waals surface area (Å²) in [4.78, 5) is 0. The minimum absolute atomic E-state index is 0.0800. The van der Waals surface area contributed by atoms with Gasteiger partial charge in [-0.1, -0.05) is 48.0 Å². The first-order chi connectivity index (χ1) is 8.54. The molecule has 0 N–H and O–H groups in total. The van der Waals surface area contributed by atoms with Gasteiger partial charge in [0.05, 0.1) is 6.07 Å². The van der Waals surface area contributed by atoms with E-state index >= 15 is 0 Å². The van der Waals surface area contributed by atoms with Gasteiger partial charge in [-0.15, -0.1) is 0 Å². The fraction of sp³-hybridized carbons (Fsp3) is 0.312. The molecule has 0 bridgehead atoms. The molecule has 0 saturated heterocycles. The third-order valence-corrected chi connectivity index (χ3v) is 4.75. The van der Waals surface area contributed by atoms with Crippen molar-refractivity contribution in [3.63, 3.8) is 0 Å². The van der Waals surface area contributed by atoms with Gasteiger partial charge in [-0.2, -0.15) is 5.26 Å². The van der Waals surface area contributed by atoms with E-state index in [1.807, 2.05) is 6.08 Å². The zero-order chi connectivity index (χ0) is 12.9. The van der Waals surface area contributed by atoms with Crippen LogP contribution in [0.2, 0.25) is 0 Å². The van der Waals surface area contributed by atoms with Gasteiger partial charge in [-0.3, -0.25) is 0 Å². The molecule has 0 spiro atoms. The number of nitriles is 1. The average molecular weight is 300 g/mol. The minimum atomic E-state index is 0.0800. The Morgan fingerprint density at radius 1 is 1.33 bits per heavy atom. The number of fused-ring (bicyclic) bond motifs is 3. The van der Waals surface area contributed by atoms with Crippen LogP contribution >= 0.6 is 15.9 Å². The summed E-state index contributed by atoms with van der Waals surface area (Å²) in [5, 5.41) is 9.07. The molecule has 0 saturated carbocycles. The number of rotatable bonds is 0. The molecule has 0 heterocycles. The van der Waals surface area contributed by atoms with E-state index in [4.69, 9.17) is 5.26 Å². The van der Waals surface area contributed by atoms with E-state index in [-0.39, 0.29) is 5.41 Å². The number of benzene rings is 1. The highest BCUT2D eigenvalue weighted by Crippen LogP contribution is 2.53. The molecule has 0 aromatic heterocycles. The van der Waals surface area contributed by atoms with Crippen LogP contribution in [0.4, 0.5) is 0 Å². The van der Waals surface area contributed by atoms with Crippen molar-refractivity contribution in [2.24, 2.45) is 5.92 Å². The maximum atomic E-state index is 9.07. The molecule has 0 fully saturated rings. The maximum absolute atomic E-state index is 9.07. The zero-order valence-corrected chi connectivity index (χ0v) is 12.0. The van der Waals surface area contributed by atoms with Gasteiger partial charge in [-0.25, -0.2) is 0 Å². The lowest BCUT2D eigenvalue weighted by atomic mass is 9.73. The molecule has 2 heteroatoms. The molecule has 18 heavy (non-hydrogen) atoms. The molecule has 90 valence electrons. The van der Waals surface area contributed by atoms with Crippen LogP contribution in [-0.4, -0.2) is 0 Å². The van der Waals surface area contributed by atoms with Gasteiger partial charge in [-0.05, 0) is 40.7 Å². The highest BCUT2D eigenvalue weighted by atomic mass is 79.9. The number of nitrogens with zero attached hydrogens (tertiary/aromatic N) is 1. The molecule has 2 aliphatic carbocycles. The largest absolute Gasteiger partial charge is 0.192 e. The summed E-state index contributed by atoms with van der Waals surface area (Å²) < 4.78 is 1.13. The molecule has 1 nitrogen and oxygen atoms in total. The fourth-order valence-corrected chi connectivity index (χ4v) is 3.63. The Kier molecular flexibility index (Phi) is 2.50. The first-order valence-electron chi connectivity index (χ1n) is 6.14. The van der Waals surface area contributed by atoms with Gasteiger partial charge in [0.2, 0.25) is 0 Å². The molecule has 0 radical (unpaired) electrons. The van der Waals surface area contributed by atoms with E-state index in [1.165, 1.54) is 11.1 Å². The lowest BCUT2D eigenvalue weighted by molar-refractivity contribution is 0.393. The van der Waals surface area contributed by atoms with Crippen LogP contribution in [0.1, 0.15) is 30.9 Å². The van der Waals surface area contributed by atoms with Gasteiger partial charge < -0.3 is 0 Å². The van der Waals surface area contributed by atoms with E-state index in [1.54, 1.807) is 0 Å². The predicted molar refractivity (Wildman–Crippen MR) is 76.2 cm³/mol. The molecule has 3 rings (SSSR count). The van der Waals surface area contributed by atoms with Gasteiger partial charge in [0.15, 0.2) is 0 Å². The second kappa shape index (κ2) is 3.83. The van der Waals surface area contributed by atoms with Crippen molar-refractivity contribution in [2.45, 2.75) is 25.2 Å². The molecular formula is C16H14BrN. The van der Waals surface area contributed by atoms with Gasteiger partial charge in [0.1, 0.15) is 0 Å². The van der Waals surface area contributed by atoms with Crippen molar-refractivity contribution in [1.29, 1.82) is 5.26 Å². The second-order valence-electron chi connectivity index (χ2n) is 5.60. The van der Waals surface area contributed by atoms with Crippen molar-refractivity contribution in [2.75, 3.05) is 0 Å². The van der Waals surface area contributed by atoms with E-state index in [9.17, 15) is 0 Å². The lowest BCUT2D eigenvalue weighted by Crippen LogP contribution is -2.25. The van der Waals surface area contributed by atoms with E-state index in [0.717, 1.165) is 10.0 Å². The normalized spacial score (nSPS) is 27.1. The first-order valence-corrected chi connectivity index (χ1v) is 6.93. The number of hydrogen-bond acceptors (Lipinski definition) is 1. The van der Waals surface area contributed by atoms with E-state index < -0.39 is 0 Å². The summed E-state index contributed by atoms with van der Waals surface area (Å²) in [6.07, 6.45) is 6.28. The Bertz CT molecular complexity index is 616. The summed E-state index contributed by atoms with van der Waals surface area (Å²) >= 11 is 3.56. The van der Waals surface area contributed by atoms with E-state index in [2.05, 4.69) is 66.2 Å². The van der Waals surface area contributed by atoms with Crippen molar-refractivity contribution >= 4 is 15.9 Å². The predicted octanol–water partition coefficient (Wildman–Crippen LogP) is 4.46. The molecule has 2 unspecified atom stereocenters. The Labute approximate surface area is 116 Å². The third-order valence-electron chi connectivity index (χ3n) is 4.26. The maximum Gasteiger partial charge on any atom is 0.0988 e. The standard InChI is InChI=1S/C16H14BrN/c1-16(2)14-7-10(9-18)3-5-12(14)13-6-4-11(17)8-15(13)16/h3-8,12,14H,1-2H3. The number of hydrogen-bond donors (Lipinski definition) is 0. The van der Waals surface area contributed by atoms with Crippen molar-refractivity contribution < 1.29 is 0 Å². The number of halogens is 1. The van der Waals surface area contributed by atoms with Crippen molar-refractivity contribution in [3.05, 3.63) is 57.6 Å². The highest BCUT2D eigenvalue weighted by Gasteiger charge is 2.45. The highest BCUT2D eigenvalue weighted by molar-refractivity contribution is 9.10. The first kappa shape index (κ1) is 11.7. The third kappa shape index (κ3) is 1.51. The van der Waals surface area contributed by atoms with Gasteiger partial charge in [0.25, 0.3) is 0 Å². The zero-order valence-electron chi connectivity index (χ0n) is 10.4. The quantitative estimate of drug-likeness (QED) is 0.694. The Morgan fingerprint density at radius 3 is 2.83 bits per heavy atom. The average Bonchev–Trinajstić information content (AvgIpc) is 2.58. The Hall–Kier alpha value is -1.33. The summed E-state index contributed by atoms with van der Waals surface area (Å²) in [5.41, 5.74) is 3.66. The van der Waals surface area contributed by atoms with E-state index in [0.29, 0.717) is 11.8 Å². The van der Waals surface area contributed by atoms with Crippen molar-refractivity contribution in [3.8, 4) is 6.07 Å². The van der Waals surface area contributed by atoms with Gasteiger partial charge >= 0.3 is 0 Å². The molecule has 2 aliphatic rings. The smallest absolute Gasteiger partial charge is 0.0988 e. The molecular weight excluding hydrogens is 286 g/mol. The Morgan fingerprint density at radius 2 is 2.11 bits per heavy atom. The van der Waals surface area contributed by atoms with Crippen molar-refractivity contribution in [1.82, 2.24) is 0 Å².